The maximum atomic E-state index is 6.59. The first-order chi connectivity index (χ1) is 10.0. The number of hydrogen-bond acceptors (Lipinski definition) is 2. The molecule has 0 aromatic heterocycles. The van der Waals surface area contributed by atoms with Gasteiger partial charge in [-0.25, -0.2) is 0 Å². The van der Waals surface area contributed by atoms with Crippen LogP contribution in [0, 0.1) is 13.8 Å². The highest BCUT2D eigenvalue weighted by atomic mass is 35.5. The molecule has 0 aliphatic carbocycles. The van der Waals surface area contributed by atoms with Crippen molar-refractivity contribution in [3.8, 4) is 11.5 Å². The van der Waals surface area contributed by atoms with Crippen molar-refractivity contribution in [3.05, 3.63) is 58.7 Å². The molecular formula is C18H21ClO2. The van der Waals surface area contributed by atoms with Gasteiger partial charge in [0, 0.05) is 0 Å². The second-order valence-corrected chi connectivity index (χ2v) is 5.74. The number of hydrogen-bond donors (Lipinski definition) is 0. The van der Waals surface area contributed by atoms with E-state index in [9.17, 15) is 0 Å². The molecule has 0 saturated heterocycles. The lowest BCUT2D eigenvalue weighted by Crippen LogP contribution is -2.00. The fraction of sp³-hybridized carbons (Fsp3) is 0.333. The molecule has 0 aliphatic rings. The minimum Gasteiger partial charge on any atom is -0.493 e. The van der Waals surface area contributed by atoms with Gasteiger partial charge in [0.25, 0.3) is 0 Å². The van der Waals surface area contributed by atoms with E-state index in [-0.39, 0.29) is 5.38 Å². The summed E-state index contributed by atoms with van der Waals surface area (Å²) in [5, 5.41) is -0.0923. The average molecular weight is 305 g/mol. The van der Waals surface area contributed by atoms with E-state index in [4.69, 9.17) is 21.1 Å². The van der Waals surface area contributed by atoms with E-state index in [1.54, 1.807) is 14.2 Å². The van der Waals surface area contributed by atoms with E-state index in [0.29, 0.717) is 5.75 Å². The molecule has 2 rings (SSSR count). The Morgan fingerprint density at radius 3 is 2.33 bits per heavy atom. The van der Waals surface area contributed by atoms with Crippen LogP contribution in [0.15, 0.2) is 36.4 Å². The Morgan fingerprint density at radius 2 is 1.67 bits per heavy atom. The fourth-order valence-electron chi connectivity index (χ4n) is 2.38. The van der Waals surface area contributed by atoms with E-state index in [1.807, 2.05) is 18.2 Å². The molecule has 2 nitrogen and oxygen atoms in total. The first kappa shape index (κ1) is 15.7. The van der Waals surface area contributed by atoms with Gasteiger partial charge in [-0.2, -0.15) is 0 Å². The van der Waals surface area contributed by atoms with Gasteiger partial charge in [0.2, 0.25) is 0 Å². The minimum absolute atomic E-state index is 0.0923. The molecule has 0 heterocycles. The van der Waals surface area contributed by atoms with Gasteiger partial charge in [0.15, 0.2) is 11.5 Å². The molecule has 0 spiro atoms. The van der Waals surface area contributed by atoms with E-state index >= 15 is 0 Å². The Balaban J connectivity index is 2.24. The zero-order valence-corrected chi connectivity index (χ0v) is 13.7. The van der Waals surface area contributed by atoms with Gasteiger partial charge in [0.05, 0.1) is 19.6 Å². The summed E-state index contributed by atoms with van der Waals surface area (Å²) in [6.45, 7) is 4.22. The van der Waals surface area contributed by atoms with Gasteiger partial charge < -0.3 is 9.47 Å². The Morgan fingerprint density at radius 1 is 0.952 bits per heavy atom. The molecule has 21 heavy (non-hydrogen) atoms. The highest BCUT2D eigenvalue weighted by Gasteiger charge is 2.13. The summed E-state index contributed by atoms with van der Waals surface area (Å²) in [6, 6.07) is 12.3. The Labute approximate surface area is 131 Å². The zero-order valence-electron chi connectivity index (χ0n) is 12.9. The van der Waals surface area contributed by atoms with E-state index in [2.05, 4.69) is 32.0 Å². The summed E-state index contributed by atoms with van der Waals surface area (Å²) < 4.78 is 10.6. The molecule has 0 radical (unpaired) electrons. The summed E-state index contributed by atoms with van der Waals surface area (Å²) >= 11 is 6.59. The molecule has 1 unspecified atom stereocenters. The van der Waals surface area contributed by atoms with Crippen LogP contribution in [0.5, 0.6) is 11.5 Å². The highest BCUT2D eigenvalue weighted by molar-refractivity contribution is 6.21. The molecular weight excluding hydrogens is 284 g/mol. The summed E-state index contributed by atoms with van der Waals surface area (Å²) in [7, 11) is 3.27. The lowest BCUT2D eigenvalue weighted by molar-refractivity contribution is 0.354. The molecule has 0 fully saturated rings. The van der Waals surface area contributed by atoms with E-state index in [0.717, 1.165) is 17.7 Å². The van der Waals surface area contributed by atoms with Crippen LogP contribution in [-0.2, 0) is 6.42 Å². The fourth-order valence-corrected chi connectivity index (χ4v) is 2.68. The summed E-state index contributed by atoms with van der Waals surface area (Å²) in [4.78, 5) is 0. The number of ether oxygens (including phenoxy) is 2. The third-order valence-corrected chi connectivity index (χ3v) is 4.08. The Hall–Kier alpha value is -1.67. The third-order valence-electron chi connectivity index (χ3n) is 3.67. The van der Waals surface area contributed by atoms with Crippen molar-refractivity contribution in [1.82, 2.24) is 0 Å². The molecule has 0 bridgehead atoms. The molecule has 0 saturated carbocycles. The van der Waals surface area contributed by atoms with Crippen LogP contribution in [0.4, 0.5) is 0 Å². The van der Waals surface area contributed by atoms with Crippen LogP contribution >= 0.6 is 11.6 Å². The summed E-state index contributed by atoms with van der Waals surface area (Å²) in [6.07, 6.45) is 0.796. The Kier molecular flexibility index (Phi) is 5.13. The quantitative estimate of drug-likeness (QED) is 0.736. The third kappa shape index (κ3) is 3.70. The number of halogens is 1. The average Bonchev–Trinajstić information content (AvgIpc) is 2.50. The molecule has 3 heteroatoms. The largest absolute Gasteiger partial charge is 0.493 e. The normalized spacial score (nSPS) is 12.0. The van der Waals surface area contributed by atoms with Crippen LogP contribution in [0.1, 0.15) is 27.6 Å². The van der Waals surface area contributed by atoms with Crippen molar-refractivity contribution in [2.24, 2.45) is 0 Å². The molecule has 0 amide bonds. The van der Waals surface area contributed by atoms with Crippen molar-refractivity contribution < 1.29 is 9.47 Å². The van der Waals surface area contributed by atoms with Gasteiger partial charge in [-0.15, -0.1) is 11.6 Å². The lowest BCUT2D eigenvalue weighted by atomic mass is 9.98. The minimum atomic E-state index is -0.0923. The first-order valence-electron chi connectivity index (χ1n) is 6.97. The van der Waals surface area contributed by atoms with Crippen molar-refractivity contribution in [2.45, 2.75) is 25.6 Å². The number of aryl methyl sites for hydroxylation is 2. The molecule has 112 valence electrons. The second-order valence-electron chi connectivity index (χ2n) is 5.22. The van der Waals surface area contributed by atoms with Gasteiger partial charge in [-0.3, -0.25) is 0 Å². The summed E-state index contributed by atoms with van der Waals surface area (Å²) in [5.41, 5.74) is 4.85. The first-order valence-corrected chi connectivity index (χ1v) is 7.41. The Bertz CT molecular complexity index is 623. The molecule has 2 aromatic rings. The van der Waals surface area contributed by atoms with Gasteiger partial charge in [-0.1, -0.05) is 29.8 Å². The van der Waals surface area contributed by atoms with Crippen molar-refractivity contribution in [1.29, 1.82) is 0 Å². The number of benzene rings is 2. The SMILES string of the molecule is COc1ccc(C(Cl)Cc2cc(C)ccc2C)cc1OC. The monoisotopic (exact) mass is 304 g/mol. The summed E-state index contributed by atoms with van der Waals surface area (Å²) in [5.74, 6) is 1.43. The number of alkyl halides is 1. The molecule has 0 N–H and O–H groups in total. The highest BCUT2D eigenvalue weighted by Crippen LogP contribution is 2.34. The van der Waals surface area contributed by atoms with E-state index in [1.165, 1.54) is 16.7 Å². The van der Waals surface area contributed by atoms with Crippen LogP contribution in [0.3, 0.4) is 0 Å². The predicted molar refractivity (Wildman–Crippen MR) is 87.8 cm³/mol. The molecule has 0 aliphatic heterocycles. The number of methoxy groups -OCH3 is 2. The molecule has 1 atom stereocenters. The lowest BCUT2D eigenvalue weighted by Gasteiger charge is -2.15. The van der Waals surface area contributed by atoms with Crippen LogP contribution in [0.25, 0.3) is 0 Å². The zero-order chi connectivity index (χ0) is 15.4. The second kappa shape index (κ2) is 6.86. The van der Waals surface area contributed by atoms with Gasteiger partial charge in [0.1, 0.15) is 0 Å². The van der Waals surface area contributed by atoms with Crippen molar-refractivity contribution >= 4 is 11.6 Å². The smallest absolute Gasteiger partial charge is 0.161 e. The van der Waals surface area contributed by atoms with Gasteiger partial charge >= 0.3 is 0 Å². The van der Waals surface area contributed by atoms with Crippen molar-refractivity contribution in [2.75, 3.05) is 14.2 Å². The molecule has 2 aromatic carbocycles. The topological polar surface area (TPSA) is 18.5 Å². The predicted octanol–water partition coefficient (Wildman–Crippen LogP) is 4.84. The maximum Gasteiger partial charge on any atom is 0.161 e. The maximum absolute atomic E-state index is 6.59. The van der Waals surface area contributed by atoms with Gasteiger partial charge in [-0.05, 0) is 49.1 Å². The van der Waals surface area contributed by atoms with Crippen LogP contribution in [0.2, 0.25) is 0 Å². The standard InChI is InChI=1S/C18H21ClO2/c1-12-5-6-13(2)15(9-12)10-16(19)14-7-8-17(20-3)18(11-14)21-4/h5-9,11,16H,10H2,1-4H3. The van der Waals surface area contributed by atoms with E-state index < -0.39 is 0 Å². The van der Waals surface area contributed by atoms with Crippen molar-refractivity contribution in [3.63, 3.8) is 0 Å². The number of rotatable bonds is 5. The van der Waals surface area contributed by atoms with Crippen LogP contribution in [-0.4, -0.2) is 14.2 Å². The van der Waals surface area contributed by atoms with Crippen LogP contribution < -0.4 is 9.47 Å².